The molecule has 3 saturated carbocycles. The lowest BCUT2D eigenvalue weighted by molar-refractivity contribution is -0.307. The van der Waals surface area contributed by atoms with Crippen LogP contribution >= 0.6 is 0 Å². The second-order valence-corrected chi connectivity index (χ2v) is 15.5. The van der Waals surface area contributed by atoms with Gasteiger partial charge in [-0.05, 0) is 27.2 Å². The zero-order valence-corrected chi connectivity index (χ0v) is 27.7. The van der Waals surface area contributed by atoms with Gasteiger partial charge in [-0.3, -0.25) is 4.79 Å². The Balaban J connectivity index is 1.34. The Bertz CT molecular complexity index is 1480. The maximum absolute atomic E-state index is 14.1. The lowest BCUT2D eigenvalue weighted by Gasteiger charge is -2.65. The van der Waals surface area contributed by atoms with Gasteiger partial charge in [0.25, 0.3) is 0 Å². The highest BCUT2D eigenvalue weighted by Gasteiger charge is 2.92. The maximum Gasteiger partial charge on any atom is 0.335 e. The highest BCUT2D eigenvalue weighted by molar-refractivity contribution is 5.88. The average molecular weight is 681 g/mol. The van der Waals surface area contributed by atoms with Crippen LogP contribution in [0.5, 0.6) is 0 Å². The van der Waals surface area contributed by atoms with Crippen LogP contribution < -0.4 is 0 Å². The third kappa shape index (κ3) is 3.30. The molecule has 15 heteroatoms. The van der Waals surface area contributed by atoms with Gasteiger partial charge in [0, 0.05) is 47.0 Å². The minimum absolute atomic E-state index is 0.147. The molecule has 0 amide bonds. The second-order valence-electron chi connectivity index (χ2n) is 15.5. The van der Waals surface area contributed by atoms with Crippen LogP contribution in [0.3, 0.4) is 0 Å². The van der Waals surface area contributed by atoms with Crippen molar-refractivity contribution >= 4 is 17.9 Å². The fraction of sp³-hybridized carbons (Fsp3) is 0.848. The largest absolute Gasteiger partial charge is 0.468 e. The number of aliphatic hydroxyl groups excluding tert-OH is 2. The van der Waals surface area contributed by atoms with E-state index in [1.807, 2.05) is 0 Å². The first-order valence-corrected chi connectivity index (χ1v) is 16.6. The molecule has 1 spiro atoms. The number of allylic oxidation sites excluding steroid dienone is 1. The van der Waals surface area contributed by atoms with Crippen LogP contribution in [0, 0.1) is 34.0 Å². The monoisotopic (exact) mass is 680 g/mol. The SMILES string of the molecule is C/C=C(/C)C(=O)O[C@@H]1C[C@H](O)[C@]23CO[C@H](C(=O)OC)[C@H]2[C@@]2(C)[C@H](O[C@]4(C)[C@H]5C[C@H](O[C@@H]6O[C@H](O)C[C@@]65O)[C@]24O)[C@@H]2OC[C@@]1(C(=O)OC)[C@H]23. The molecule has 266 valence electrons. The minimum Gasteiger partial charge on any atom is -0.468 e. The summed E-state index contributed by atoms with van der Waals surface area (Å²) in [5.41, 5.74) is -9.53. The fourth-order valence-electron chi connectivity index (χ4n) is 12.2. The molecule has 17 atom stereocenters. The molecule has 8 fully saturated rings. The molecule has 0 aromatic carbocycles. The Hall–Kier alpha value is -2.21. The number of hydrogen-bond donors (Lipinski definition) is 4. The molecule has 4 N–H and O–H groups in total. The molecule has 5 aliphatic heterocycles. The van der Waals surface area contributed by atoms with Gasteiger partial charge in [-0.1, -0.05) is 13.0 Å². The molecular weight excluding hydrogens is 636 g/mol. The highest BCUT2D eigenvalue weighted by atomic mass is 16.8. The first-order valence-electron chi connectivity index (χ1n) is 16.6. The van der Waals surface area contributed by atoms with Crippen LogP contribution in [0.15, 0.2) is 11.6 Å². The average Bonchev–Trinajstić information content (AvgIpc) is 3.81. The Morgan fingerprint density at radius 2 is 1.69 bits per heavy atom. The van der Waals surface area contributed by atoms with Gasteiger partial charge < -0.3 is 58.3 Å². The van der Waals surface area contributed by atoms with Gasteiger partial charge in [0.15, 0.2) is 18.7 Å². The topological polar surface area (TPSA) is 206 Å². The Morgan fingerprint density at radius 1 is 0.958 bits per heavy atom. The van der Waals surface area contributed by atoms with Crippen LogP contribution in [-0.2, 0) is 52.3 Å². The van der Waals surface area contributed by atoms with E-state index in [2.05, 4.69) is 0 Å². The number of ether oxygens (including phenoxy) is 8. The van der Waals surface area contributed by atoms with Gasteiger partial charge in [-0.25, -0.2) is 9.59 Å². The Morgan fingerprint density at radius 3 is 2.35 bits per heavy atom. The van der Waals surface area contributed by atoms with Gasteiger partial charge >= 0.3 is 17.9 Å². The predicted molar refractivity (Wildman–Crippen MR) is 155 cm³/mol. The van der Waals surface area contributed by atoms with E-state index in [1.165, 1.54) is 14.2 Å². The van der Waals surface area contributed by atoms with Crippen molar-refractivity contribution in [2.45, 2.75) is 113 Å². The van der Waals surface area contributed by atoms with Crippen molar-refractivity contribution in [3.63, 3.8) is 0 Å². The van der Waals surface area contributed by atoms with Crippen LogP contribution in [0.1, 0.15) is 47.0 Å². The third-order valence-corrected chi connectivity index (χ3v) is 14.2. The summed E-state index contributed by atoms with van der Waals surface area (Å²) in [4.78, 5) is 40.9. The van der Waals surface area contributed by atoms with Crippen molar-refractivity contribution in [2.24, 2.45) is 34.0 Å². The van der Waals surface area contributed by atoms with Crippen LogP contribution in [-0.4, -0.2) is 132 Å². The van der Waals surface area contributed by atoms with E-state index in [0.29, 0.717) is 5.57 Å². The molecule has 0 unspecified atom stereocenters. The molecule has 3 aliphatic carbocycles. The lowest BCUT2D eigenvalue weighted by Crippen LogP contribution is -2.77. The normalized spacial score (nSPS) is 57.2. The summed E-state index contributed by atoms with van der Waals surface area (Å²) in [5.74, 6) is -4.99. The van der Waals surface area contributed by atoms with Gasteiger partial charge in [-0.2, -0.15) is 0 Å². The summed E-state index contributed by atoms with van der Waals surface area (Å²) in [6, 6.07) is 0. The third-order valence-electron chi connectivity index (χ3n) is 14.2. The van der Waals surface area contributed by atoms with Gasteiger partial charge in [0.1, 0.15) is 28.3 Å². The number of esters is 3. The van der Waals surface area contributed by atoms with Crippen molar-refractivity contribution in [2.75, 3.05) is 27.4 Å². The number of fused-ring (bicyclic) bond motifs is 11. The zero-order valence-electron chi connectivity index (χ0n) is 27.7. The van der Waals surface area contributed by atoms with E-state index >= 15 is 0 Å². The molecular formula is C33H44O15. The van der Waals surface area contributed by atoms with E-state index in [1.54, 1.807) is 33.8 Å². The molecule has 0 aromatic heterocycles. The smallest absolute Gasteiger partial charge is 0.335 e. The van der Waals surface area contributed by atoms with Crippen molar-refractivity contribution in [3.8, 4) is 0 Å². The molecule has 5 saturated heterocycles. The molecule has 2 bridgehead atoms. The second kappa shape index (κ2) is 9.98. The number of hydrogen-bond acceptors (Lipinski definition) is 15. The van der Waals surface area contributed by atoms with Crippen molar-refractivity contribution in [1.82, 2.24) is 0 Å². The fourth-order valence-corrected chi connectivity index (χ4v) is 12.2. The Kier molecular flexibility index (Phi) is 6.85. The van der Waals surface area contributed by atoms with E-state index in [0.717, 1.165) is 0 Å². The molecule has 5 heterocycles. The van der Waals surface area contributed by atoms with Crippen LogP contribution in [0.25, 0.3) is 0 Å². The first kappa shape index (κ1) is 33.0. The number of methoxy groups -OCH3 is 2. The number of rotatable bonds is 4. The summed E-state index contributed by atoms with van der Waals surface area (Å²) >= 11 is 0. The van der Waals surface area contributed by atoms with Gasteiger partial charge in [0.2, 0.25) is 0 Å². The van der Waals surface area contributed by atoms with Crippen molar-refractivity contribution < 1.29 is 72.7 Å². The lowest BCUT2D eigenvalue weighted by atomic mass is 9.38. The van der Waals surface area contributed by atoms with Crippen LogP contribution in [0.4, 0.5) is 0 Å². The number of aliphatic hydroxyl groups is 4. The molecule has 8 rings (SSSR count). The first-order chi connectivity index (χ1) is 22.6. The molecule has 0 radical (unpaired) electrons. The van der Waals surface area contributed by atoms with Crippen LogP contribution in [0.2, 0.25) is 0 Å². The van der Waals surface area contributed by atoms with Gasteiger partial charge in [-0.15, -0.1) is 0 Å². The summed E-state index contributed by atoms with van der Waals surface area (Å²) in [6.45, 7) is 6.20. The van der Waals surface area contributed by atoms with Crippen molar-refractivity contribution in [3.05, 3.63) is 11.6 Å². The summed E-state index contributed by atoms with van der Waals surface area (Å²) in [7, 11) is 2.43. The number of carbonyl (C=O) groups is 3. The summed E-state index contributed by atoms with van der Waals surface area (Å²) in [5, 5.41) is 48.1. The van der Waals surface area contributed by atoms with E-state index in [-0.39, 0.29) is 32.5 Å². The highest BCUT2D eigenvalue weighted by Crippen LogP contribution is 2.79. The zero-order chi connectivity index (χ0) is 34.6. The maximum atomic E-state index is 14.1. The standard InChI is InChI=1S/C33H44O15/c1-7-13(2)24(36)45-16-9-15(34)30-11-44-20(25(37)41-5)21(30)28(3)23(19-22(30)31(16,12-43-19)26(38)42-6)48-29(4)14-8-17(33(28,29)40)46-27-32(14,39)10-18(35)47-27/h7,14-23,27,34-35,39-40H,8-12H2,1-6H3/b13-7-/t14-,15+,16-,17+,18+,19-,20+,21+,22-,23-,27-,28+,29-,30-,31+,32+,33+/m1/s1. The van der Waals surface area contributed by atoms with E-state index in [9.17, 15) is 34.8 Å². The van der Waals surface area contributed by atoms with E-state index in [4.69, 9.17) is 37.9 Å². The number of carbonyl (C=O) groups excluding carboxylic acids is 3. The molecule has 0 aromatic rings. The van der Waals surface area contributed by atoms with Crippen molar-refractivity contribution in [1.29, 1.82) is 0 Å². The minimum atomic E-state index is -1.95. The summed E-state index contributed by atoms with van der Waals surface area (Å²) in [6.07, 6.45) is -8.13. The predicted octanol–water partition coefficient (Wildman–Crippen LogP) is -0.899. The quantitative estimate of drug-likeness (QED) is 0.161. The molecule has 15 nitrogen and oxygen atoms in total. The van der Waals surface area contributed by atoms with Gasteiger partial charge in [0.05, 0.1) is 51.8 Å². The summed E-state index contributed by atoms with van der Waals surface area (Å²) < 4.78 is 48.3. The molecule has 48 heavy (non-hydrogen) atoms. The molecule has 8 aliphatic rings. The Labute approximate surface area is 276 Å². The van der Waals surface area contributed by atoms with E-state index < -0.39 is 118 Å².